The molecule has 1 fully saturated rings. The van der Waals surface area contributed by atoms with E-state index < -0.39 is 12.2 Å². The minimum Gasteiger partial charge on any atom is -0.340 e. The smallest absolute Gasteiger partial charge is 0.207 e. The normalized spacial score (nSPS) is 20.8. The van der Waals surface area contributed by atoms with Gasteiger partial charge in [0.25, 0.3) is 0 Å². The summed E-state index contributed by atoms with van der Waals surface area (Å²) in [4.78, 5) is 11.3. The SMILES string of the molecule is CC(c1ccc(Cl)cn1)n1c(N2CCC(F)C(N)C2)nc2cc(Cl)ccc21.Cl. The molecule has 2 aromatic heterocycles. The number of hydrogen-bond acceptors (Lipinski definition) is 4. The fourth-order valence-electron chi connectivity index (χ4n) is 3.57. The van der Waals surface area contributed by atoms with Gasteiger partial charge in [0.15, 0.2) is 0 Å². The first-order chi connectivity index (χ1) is 12.9. The maximum atomic E-state index is 13.9. The van der Waals surface area contributed by atoms with Gasteiger partial charge in [0, 0.05) is 24.3 Å². The Hall–Kier alpha value is -1.60. The standard InChI is InChI=1S/C19H20Cl2FN5.ClH/c1-11(16-4-2-13(21)9-24-16)27-18-5-3-12(20)8-17(18)25-19(27)26-7-6-14(22)15(23)10-26;/h2-5,8-9,11,14-15H,6-7,10,23H2,1H3;1H. The molecule has 1 aliphatic heterocycles. The number of fused-ring (bicyclic) bond motifs is 1. The number of anilines is 1. The molecule has 0 radical (unpaired) electrons. The monoisotopic (exact) mass is 443 g/mol. The second-order valence-electron chi connectivity index (χ2n) is 6.91. The number of hydrogen-bond donors (Lipinski definition) is 1. The molecule has 1 aliphatic rings. The summed E-state index contributed by atoms with van der Waals surface area (Å²) in [7, 11) is 0. The van der Waals surface area contributed by atoms with Crippen LogP contribution in [0.4, 0.5) is 10.3 Å². The number of halogens is 4. The van der Waals surface area contributed by atoms with E-state index >= 15 is 0 Å². The number of pyridine rings is 1. The van der Waals surface area contributed by atoms with Gasteiger partial charge >= 0.3 is 0 Å². The highest BCUT2D eigenvalue weighted by Crippen LogP contribution is 2.32. The van der Waals surface area contributed by atoms with Gasteiger partial charge in [0.2, 0.25) is 5.95 Å². The van der Waals surface area contributed by atoms with Crippen molar-refractivity contribution in [3.63, 3.8) is 0 Å². The number of benzene rings is 1. The van der Waals surface area contributed by atoms with Crippen LogP contribution < -0.4 is 10.6 Å². The molecule has 3 atom stereocenters. The van der Waals surface area contributed by atoms with E-state index in [0.717, 1.165) is 22.7 Å². The highest BCUT2D eigenvalue weighted by Gasteiger charge is 2.30. The van der Waals surface area contributed by atoms with E-state index in [1.807, 2.05) is 35.2 Å². The van der Waals surface area contributed by atoms with E-state index in [-0.39, 0.29) is 18.4 Å². The van der Waals surface area contributed by atoms with Crippen molar-refractivity contribution in [2.45, 2.75) is 31.6 Å². The number of nitrogens with zero attached hydrogens (tertiary/aromatic N) is 4. The van der Waals surface area contributed by atoms with Gasteiger partial charge in [-0.25, -0.2) is 9.37 Å². The molecule has 9 heteroatoms. The zero-order chi connectivity index (χ0) is 19.1. The molecule has 28 heavy (non-hydrogen) atoms. The third-order valence-corrected chi connectivity index (χ3v) is 5.51. The lowest BCUT2D eigenvalue weighted by atomic mass is 10.1. The largest absolute Gasteiger partial charge is 0.340 e. The molecule has 5 nitrogen and oxygen atoms in total. The molecule has 3 aromatic rings. The lowest BCUT2D eigenvalue weighted by Gasteiger charge is -2.34. The third-order valence-electron chi connectivity index (χ3n) is 5.05. The van der Waals surface area contributed by atoms with Crippen LogP contribution in [0.25, 0.3) is 11.0 Å². The highest BCUT2D eigenvalue weighted by molar-refractivity contribution is 6.31. The number of rotatable bonds is 3. The molecule has 0 aliphatic carbocycles. The van der Waals surface area contributed by atoms with Crippen molar-refractivity contribution in [3.8, 4) is 0 Å². The van der Waals surface area contributed by atoms with Gasteiger partial charge < -0.3 is 15.2 Å². The van der Waals surface area contributed by atoms with Crippen LogP contribution in [0.1, 0.15) is 25.1 Å². The Balaban J connectivity index is 0.00000225. The van der Waals surface area contributed by atoms with Crippen molar-refractivity contribution in [2.24, 2.45) is 5.73 Å². The lowest BCUT2D eigenvalue weighted by molar-refractivity contribution is 0.243. The van der Waals surface area contributed by atoms with Crippen LogP contribution in [0.2, 0.25) is 10.0 Å². The number of aromatic nitrogens is 3. The molecule has 0 amide bonds. The summed E-state index contributed by atoms with van der Waals surface area (Å²) in [5.74, 6) is 0.749. The Labute approximate surface area is 179 Å². The van der Waals surface area contributed by atoms with Gasteiger partial charge in [-0.2, -0.15) is 0 Å². The molecular formula is C19H21Cl3FN5. The van der Waals surface area contributed by atoms with Crippen LogP contribution in [-0.4, -0.2) is 39.8 Å². The van der Waals surface area contributed by atoms with Crippen molar-refractivity contribution in [3.05, 3.63) is 52.3 Å². The number of imidazole rings is 1. The molecule has 3 unspecified atom stereocenters. The van der Waals surface area contributed by atoms with Crippen molar-refractivity contribution in [2.75, 3.05) is 18.0 Å². The summed E-state index contributed by atoms with van der Waals surface area (Å²) in [6.45, 7) is 3.03. The second kappa shape index (κ2) is 8.41. The van der Waals surface area contributed by atoms with Gasteiger partial charge in [-0.15, -0.1) is 12.4 Å². The van der Waals surface area contributed by atoms with Crippen molar-refractivity contribution in [1.29, 1.82) is 0 Å². The number of alkyl halides is 1. The molecule has 1 aromatic carbocycles. The van der Waals surface area contributed by atoms with Crippen molar-refractivity contribution in [1.82, 2.24) is 14.5 Å². The fraction of sp³-hybridized carbons (Fsp3) is 0.368. The van der Waals surface area contributed by atoms with Crippen LogP contribution in [0.3, 0.4) is 0 Å². The van der Waals surface area contributed by atoms with Crippen LogP contribution >= 0.6 is 35.6 Å². The molecule has 3 heterocycles. The van der Waals surface area contributed by atoms with Crippen LogP contribution in [0, 0.1) is 0 Å². The first kappa shape index (κ1) is 21.1. The Morgan fingerprint density at radius 1 is 1.21 bits per heavy atom. The molecule has 150 valence electrons. The fourth-order valence-corrected chi connectivity index (χ4v) is 3.84. The average Bonchev–Trinajstić information content (AvgIpc) is 3.02. The molecular weight excluding hydrogens is 424 g/mol. The summed E-state index contributed by atoms with van der Waals surface area (Å²) < 4.78 is 16.0. The Kier molecular flexibility index (Phi) is 6.34. The first-order valence-corrected chi connectivity index (χ1v) is 9.63. The summed E-state index contributed by atoms with van der Waals surface area (Å²) >= 11 is 12.1. The zero-order valence-electron chi connectivity index (χ0n) is 15.2. The maximum absolute atomic E-state index is 13.9. The van der Waals surface area contributed by atoms with Gasteiger partial charge in [-0.05, 0) is 43.7 Å². The van der Waals surface area contributed by atoms with E-state index in [0.29, 0.717) is 29.6 Å². The highest BCUT2D eigenvalue weighted by atomic mass is 35.5. The quantitative estimate of drug-likeness (QED) is 0.639. The van der Waals surface area contributed by atoms with Crippen LogP contribution in [0.15, 0.2) is 36.5 Å². The second-order valence-corrected chi connectivity index (χ2v) is 7.78. The maximum Gasteiger partial charge on any atom is 0.207 e. The number of nitrogens with two attached hydrogens (primary N) is 1. The summed E-state index contributed by atoms with van der Waals surface area (Å²) in [5, 5.41) is 1.21. The van der Waals surface area contributed by atoms with E-state index in [2.05, 4.69) is 16.5 Å². The number of piperidine rings is 1. The Bertz CT molecular complexity index is 962. The van der Waals surface area contributed by atoms with E-state index in [1.54, 1.807) is 6.20 Å². The molecule has 2 N–H and O–H groups in total. The topological polar surface area (TPSA) is 60.0 Å². The zero-order valence-corrected chi connectivity index (χ0v) is 17.6. The summed E-state index contributed by atoms with van der Waals surface area (Å²) in [5.41, 5.74) is 8.56. The molecule has 0 spiro atoms. The van der Waals surface area contributed by atoms with Gasteiger partial charge in [0.1, 0.15) is 6.17 Å². The first-order valence-electron chi connectivity index (χ1n) is 8.87. The molecule has 0 saturated carbocycles. The van der Waals surface area contributed by atoms with Crippen molar-refractivity contribution >= 4 is 52.6 Å². The van der Waals surface area contributed by atoms with E-state index in [1.165, 1.54) is 0 Å². The van der Waals surface area contributed by atoms with E-state index in [9.17, 15) is 4.39 Å². The Morgan fingerprint density at radius 3 is 2.64 bits per heavy atom. The lowest BCUT2D eigenvalue weighted by Crippen LogP contribution is -2.50. The van der Waals surface area contributed by atoms with E-state index in [4.69, 9.17) is 33.9 Å². The van der Waals surface area contributed by atoms with Gasteiger partial charge in [0.05, 0.1) is 33.8 Å². The van der Waals surface area contributed by atoms with Gasteiger partial charge in [-0.1, -0.05) is 23.2 Å². The predicted octanol–water partition coefficient (Wildman–Crippen LogP) is 4.64. The summed E-state index contributed by atoms with van der Waals surface area (Å²) in [6, 6.07) is 8.72. The Morgan fingerprint density at radius 2 is 1.96 bits per heavy atom. The van der Waals surface area contributed by atoms with Crippen molar-refractivity contribution < 1.29 is 4.39 Å². The molecule has 0 bridgehead atoms. The van der Waals surface area contributed by atoms with Crippen LogP contribution in [-0.2, 0) is 0 Å². The third kappa shape index (κ3) is 3.92. The minimum atomic E-state index is -0.983. The molecule has 1 saturated heterocycles. The summed E-state index contributed by atoms with van der Waals surface area (Å²) in [6.07, 6.45) is 1.04. The minimum absolute atomic E-state index is 0. The predicted molar refractivity (Wildman–Crippen MR) is 115 cm³/mol. The van der Waals surface area contributed by atoms with Gasteiger partial charge in [-0.3, -0.25) is 4.98 Å². The molecule has 4 rings (SSSR count). The average molecular weight is 445 g/mol. The van der Waals surface area contributed by atoms with Crippen LogP contribution in [0.5, 0.6) is 0 Å².